The number of carbonyl (C=O) groups is 1. The molecule has 2 rings (SSSR count). The molecule has 1 amide bonds. The molecule has 0 fully saturated rings. The van der Waals surface area contributed by atoms with Crippen molar-refractivity contribution in [3.8, 4) is 0 Å². The Balaban J connectivity index is 2.02. The van der Waals surface area contributed by atoms with Crippen molar-refractivity contribution < 1.29 is 9.53 Å². The van der Waals surface area contributed by atoms with E-state index in [9.17, 15) is 4.79 Å². The van der Waals surface area contributed by atoms with Crippen LogP contribution >= 0.6 is 0 Å². The normalized spacial score (nSPS) is 10.3. The lowest BCUT2D eigenvalue weighted by molar-refractivity contribution is 0.0932. The molecule has 0 unspecified atom stereocenters. The summed E-state index contributed by atoms with van der Waals surface area (Å²) in [6.07, 6.45) is 1.59. The minimum absolute atomic E-state index is 0.228. The first-order chi connectivity index (χ1) is 10.7. The number of carbonyl (C=O) groups excluding carboxylic acids is 1. The highest BCUT2D eigenvalue weighted by molar-refractivity contribution is 5.92. The molecular weight excluding hydrogens is 280 g/mol. The lowest BCUT2D eigenvalue weighted by atomic mass is 10.2. The number of nitrogens with one attached hydrogen (secondary N) is 1. The van der Waals surface area contributed by atoms with Crippen LogP contribution in [0.5, 0.6) is 0 Å². The van der Waals surface area contributed by atoms with E-state index in [0.717, 1.165) is 5.56 Å². The summed E-state index contributed by atoms with van der Waals surface area (Å²) >= 11 is 0. The molecule has 1 aromatic carbocycles. The number of nitrogens with zero attached hydrogens (tertiary/aromatic N) is 3. The van der Waals surface area contributed by atoms with Gasteiger partial charge in [0.05, 0.1) is 6.61 Å². The molecule has 0 aliphatic heterocycles. The van der Waals surface area contributed by atoms with Gasteiger partial charge in [0.1, 0.15) is 5.69 Å². The van der Waals surface area contributed by atoms with Crippen LogP contribution in [0.4, 0.5) is 5.95 Å². The van der Waals surface area contributed by atoms with E-state index >= 15 is 0 Å². The first kappa shape index (κ1) is 15.9. The number of rotatable bonds is 7. The van der Waals surface area contributed by atoms with Crippen LogP contribution in [0.3, 0.4) is 0 Å². The molecule has 1 N–H and O–H groups in total. The molecule has 0 spiro atoms. The van der Waals surface area contributed by atoms with Crippen LogP contribution in [0.15, 0.2) is 42.6 Å². The maximum atomic E-state index is 12.0. The van der Waals surface area contributed by atoms with E-state index in [0.29, 0.717) is 31.3 Å². The number of benzene rings is 1. The van der Waals surface area contributed by atoms with Crippen LogP contribution in [-0.2, 0) is 11.3 Å². The third kappa shape index (κ3) is 4.53. The van der Waals surface area contributed by atoms with Gasteiger partial charge in [0.2, 0.25) is 5.95 Å². The van der Waals surface area contributed by atoms with E-state index in [4.69, 9.17) is 4.74 Å². The van der Waals surface area contributed by atoms with Crippen LogP contribution in [0, 0.1) is 0 Å². The van der Waals surface area contributed by atoms with Crippen LogP contribution in [0.25, 0.3) is 0 Å². The summed E-state index contributed by atoms with van der Waals surface area (Å²) in [5, 5.41) is 2.74. The fourth-order valence-corrected chi connectivity index (χ4v) is 1.94. The number of amides is 1. The molecule has 0 saturated heterocycles. The van der Waals surface area contributed by atoms with E-state index in [1.807, 2.05) is 42.3 Å². The topological polar surface area (TPSA) is 67.3 Å². The first-order valence-corrected chi connectivity index (χ1v) is 7.06. The van der Waals surface area contributed by atoms with Crippen molar-refractivity contribution in [2.24, 2.45) is 0 Å². The lowest BCUT2D eigenvalue weighted by Crippen LogP contribution is -2.28. The molecule has 0 aliphatic carbocycles. The number of hydrogen-bond donors (Lipinski definition) is 1. The minimum Gasteiger partial charge on any atom is -0.383 e. The Morgan fingerprint density at radius 2 is 2.05 bits per heavy atom. The van der Waals surface area contributed by atoms with Gasteiger partial charge in [-0.15, -0.1) is 0 Å². The number of ether oxygens (including phenoxy) is 1. The highest BCUT2D eigenvalue weighted by atomic mass is 16.5. The molecule has 116 valence electrons. The van der Waals surface area contributed by atoms with Crippen molar-refractivity contribution in [3.63, 3.8) is 0 Å². The molecule has 6 nitrogen and oxygen atoms in total. The Morgan fingerprint density at radius 3 is 2.77 bits per heavy atom. The maximum Gasteiger partial charge on any atom is 0.270 e. The molecule has 0 saturated carbocycles. The van der Waals surface area contributed by atoms with Crippen molar-refractivity contribution in [3.05, 3.63) is 53.9 Å². The van der Waals surface area contributed by atoms with E-state index in [-0.39, 0.29) is 5.91 Å². The standard InChI is InChI=1S/C16H20N4O2/c1-20(12-13-6-4-3-5-7-13)16-18-9-8-14(19-16)15(21)17-10-11-22-2/h3-9H,10-12H2,1-2H3,(H,17,21). The molecule has 2 aromatic rings. The summed E-state index contributed by atoms with van der Waals surface area (Å²) in [6, 6.07) is 11.6. The monoisotopic (exact) mass is 300 g/mol. The zero-order valence-corrected chi connectivity index (χ0v) is 12.8. The van der Waals surface area contributed by atoms with Gasteiger partial charge in [-0.25, -0.2) is 9.97 Å². The van der Waals surface area contributed by atoms with E-state index < -0.39 is 0 Å². The van der Waals surface area contributed by atoms with Gasteiger partial charge in [0.15, 0.2) is 0 Å². The summed E-state index contributed by atoms with van der Waals surface area (Å²) in [6.45, 7) is 1.60. The maximum absolute atomic E-state index is 12.0. The molecule has 1 heterocycles. The highest BCUT2D eigenvalue weighted by Crippen LogP contribution is 2.10. The Morgan fingerprint density at radius 1 is 1.27 bits per heavy atom. The molecule has 0 aliphatic rings. The first-order valence-electron chi connectivity index (χ1n) is 7.06. The third-order valence-electron chi connectivity index (χ3n) is 3.07. The molecule has 0 radical (unpaired) electrons. The fourth-order valence-electron chi connectivity index (χ4n) is 1.94. The Kier molecular flexibility index (Phi) is 5.85. The molecule has 1 aromatic heterocycles. The largest absolute Gasteiger partial charge is 0.383 e. The zero-order chi connectivity index (χ0) is 15.8. The predicted octanol–water partition coefficient (Wildman–Crippen LogP) is 1.49. The number of hydrogen-bond acceptors (Lipinski definition) is 5. The van der Waals surface area contributed by atoms with Gasteiger partial charge < -0.3 is 15.0 Å². The second-order valence-corrected chi connectivity index (χ2v) is 4.83. The lowest BCUT2D eigenvalue weighted by Gasteiger charge is -2.17. The summed E-state index contributed by atoms with van der Waals surface area (Å²) in [7, 11) is 3.49. The number of aromatic nitrogens is 2. The second-order valence-electron chi connectivity index (χ2n) is 4.83. The summed E-state index contributed by atoms with van der Waals surface area (Å²) in [5.41, 5.74) is 1.50. The van der Waals surface area contributed by atoms with Gasteiger partial charge in [-0.2, -0.15) is 0 Å². The van der Waals surface area contributed by atoms with E-state index in [1.165, 1.54) is 0 Å². The van der Waals surface area contributed by atoms with Crippen molar-refractivity contribution in [1.82, 2.24) is 15.3 Å². The van der Waals surface area contributed by atoms with Gasteiger partial charge >= 0.3 is 0 Å². The van der Waals surface area contributed by atoms with Crippen molar-refractivity contribution >= 4 is 11.9 Å². The van der Waals surface area contributed by atoms with Crippen LogP contribution < -0.4 is 10.2 Å². The SMILES string of the molecule is COCCNC(=O)c1ccnc(N(C)Cc2ccccc2)n1. The van der Waals surface area contributed by atoms with Crippen LogP contribution in [-0.4, -0.2) is 43.2 Å². The third-order valence-corrected chi connectivity index (χ3v) is 3.07. The molecule has 0 atom stereocenters. The zero-order valence-electron chi connectivity index (χ0n) is 12.8. The summed E-state index contributed by atoms with van der Waals surface area (Å²) < 4.78 is 4.90. The van der Waals surface area contributed by atoms with Gasteiger partial charge in [0, 0.05) is 33.4 Å². The second kappa shape index (κ2) is 8.09. The smallest absolute Gasteiger partial charge is 0.270 e. The van der Waals surface area contributed by atoms with Gasteiger partial charge in [0.25, 0.3) is 5.91 Å². The van der Waals surface area contributed by atoms with Crippen molar-refractivity contribution in [1.29, 1.82) is 0 Å². The average Bonchev–Trinajstić information content (AvgIpc) is 2.56. The quantitative estimate of drug-likeness (QED) is 0.785. The van der Waals surface area contributed by atoms with Crippen LogP contribution in [0.1, 0.15) is 16.1 Å². The number of methoxy groups -OCH3 is 1. The van der Waals surface area contributed by atoms with Crippen molar-refractivity contribution in [2.75, 3.05) is 32.2 Å². The van der Waals surface area contributed by atoms with Gasteiger partial charge in [-0.3, -0.25) is 4.79 Å². The van der Waals surface area contributed by atoms with E-state index in [1.54, 1.807) is 19.4 Å². The van der Waals surface area contributed by atoms with Gasteiger partial charge in [-0.05, 0) is 11.6 Å². The minimum atomic E-state index is -0.228. The Hall–Kier alpha value is -2.47. The Bertz CT molecular complexity index is 604. The van der Waals surface area contributed by atoms with Crippen LogP contribution in [0.2, 0.25) is 0 Å². The fraction of sp³-hybridized carbons (Fsp3) is 0.312. The molecule has 6 heteroatoms. The molecule has 0 bridgehead atoms. The highest BCUT2D eigenvalue weighted by Gasteiger charge is 2.11. The van der Waals surface area contributed by atoms with Gasteiger partial charge in [-0.1, -0.05) is 30.3 Å². The predicted molar refractivity (Wildman–Crippen MR) is 84.8 cm³/mol. The number of anilines is 1. The molecular formula is C16H20N4O2. The summed E-state index contributed by atoms with van der Waals surface area (Å²) in [5.74, 6) is 0.289. The molecule has 22 heavy (non-hydrogen) atoms. The van der Waals surface area contributed by atoms with Crippen molar-refractivity contribution in [2.45, 2.75) is 6.54 Å². The summed E-state index contributed by atoms with van der Waals surface area (Å²) in [4.78, 5) is 22.4. The average molecular weight is 300 g/mol. The van der Waals surface area contributed by atoms with E-state index in [2.05, 4.69) is 15.3 Å². The Labute approximate surface area is 130 Å².